The van der Waals surface area contributed by atoms with Crippen LogP contribution in [0.1, 0.15) is 76.2 Å². The molecule has 282 valence electrons. The number of fused-ring (bicyclic) bond motifs is 4. The minimum Gasteiger partial charge on any atom is -0.493 e. The number of allylic oxidation sites excluding steroid dienone is 1. The summed E-state index contributed by atoms with van der Waals surface area (Å²) >= 11 is 0. The average molecular weight is 753 g/mol. The summed E-state index contributed by atoms with van der Waals surface area (Å²) < 4.78 is 17.3. The number of anilines is 2. The number of amides is 3. The summed E-state index contributed by atoms with van der Waals surface area (Å²) in [6, 6.07) is 10.7. The minimum atomic E-state index is -0.784. The van der Waals surface area contributed by atoms with Crippen molar-refractivity contribution < 1.29 is 33.4 Å². The maximum atomic E-state index is 13.8. The molecule has 0 saturated heterocycles. The maximum Gasteiger partial charge on any atom is 0.260 e. The summed E-state index contributed by atoms with van der Waals surface area (Å²) in [6.45, 7) is 14.0. The molecule has 11 nitrogen and oxygen atoms in total. The van der Waals surface area contributed by atoms with Gasteiger partial charge in [0.15, 0.2) is 11.5 Å². The van der Waals surface area contributed by atoms with Gasteiger partial charge in [-0.3, -0.25) is 14.4 Å². The number of Topliss-reactive ketones (excluding diaryl/α,β-unsaturated/α-hetero) is 1. The first-order valence-electron chi connectivity index (χ1n) is 17.6. The summed E-state index contributed by atoms with van der Waals surface area (Å²) in [4.78, 5) is 52.7. The number of para-hydroxylation sites is 1. The third-order valence-corrected chi connectivity index (χ3v) is 12.9. The Kier molecular flexibility index (Phi) is 14.7. The van der Waals surface area contributed by atoms with E-state index in [0.29, 0.717) is 53.1 Å². The molecule has 2 aromatic carbocycles. The fourth-order valence-corrected chi connectivity index (χ4v) is 8.52. The Hall–Kier alpha value is -3.94. The van der Waals surface area contributed by atoms with Gasteiger partial charge in [0.25, 0.3) is 5.91 Å². The summed E-state index contributed by atoms with van der Waals surface area (Å²) in [7, 11) is 6.50. The van der Waals surface area contributed by atoms with Crippen molar-refractivity contribution in [3.05, 3.63) is 72.0 Å². The monoisotopic (exact) mass is 752 g/mol. The third-order valence-electron chi connectivity index (χ3n) is 8.98. The molecular formula is C39H52N4O7S2. The first-order valence-corrected chi connectivity index (χ1v) is 19.8. The molecule has 2 aromatic rings. The number of rotatable bonds is 19. The second-order valence-electron chi connectivity index (χ2n) is 13.8. The highest BCUT2D eigenvalue weighted by Gasteiger charge is 2.37. The molecule has 0 fully saturated rings. The van der Waals surface area contributed by atoms with Crippen LogP contribution in [0.25, 0.3) is 0 Å². The Morgan fingerprint density at radius 3 is 2.58 bits per heavy atom. The molecular weight excluding hydrogens is 701 g/mol. The summed E-state index contributed by atoms with van der Waals surface area (Å²) in [5.74, 6) is 0.320. The summed E-state index contributed by atoms with van der Waals surface area (Å²) in [6.07, 6.45) is 5.68. The maximum absolute atomic E-state index is 13.8. The van der Waals surface area contributed by atoms with E-state index in [0.717, 1.165) is 24.1 Å². The number of ketones is 1. The van der Waals surface area contributed by atoms with Crippen molar-refractivity contribution in [2.75, 3.05) is 37.6 Å². The lowest BCUT2D eigenvalue weighted by Gasteiger charge is -2.25. The van der Waals surface area contributed by atoms with E-state index in [2.05, 4.69) is 49.4 Å². The van der Waals surface area contributed by atoms with E-state index < -0.39 is 18.1 Å². The second-order valence-corrected chi connectivity index (χ2v) is 17.1. The minimum absolute atomic E-state index is 0.000693. The summed E-state index contributed by atoms with van der Waals surface area (Å²) in [5.41, 5.74) is 3.64. The Morgan fingerprint density at radius 1 is 1.13 bits per heavy atom. The van der Waals surface area contributed by atoms with Crippen LogP contribution in [0.2, 0.25) is 0 Å². The number of hydrogen-bond donors (Lipinski definition) is 3. The fourth-order valence-electron chi connectivity index (χ4n) is 5.88. The predicted molar refractivity (Wildman–Crippen MR) is 210 cm³/mol. The molecule has 3 amide bonds. The smallest absolute Gasteiger partial charge is 0.260 e. The fraction of sp³-hybridized carbons (Fsp3) is 0.487. The molecule has 4 rings (SSSR count). The van der Waals surface area contributed by atoms with Crippen molar-refractivity contribution in [2.24, 2.45) is 0 Å². The van der Waals surface area contributed by atoms with E-state index >= 15 is 0 Å². The van der Waals surface area contributed by atoms with Gasteiger partial charge in [-0.2, -0.15) is 0 Å². The van der Waals surface area contributed by atoms with Gasteiger partial charge in [-0.15, -0.1) is 0 Å². The Morgan fingerprint density at radius 2 is 1.88 bits per heavy atom. The van der Waals surface area contributed by atoms with Gasteiger partial charge < -0.3 is 39.9 Å². The first-order chi connectivity index (χ1) is 24.7. The molecule has 2 aliphatic rings. The van der Waals surface area contributed by atoms with E-state index in [9.17, 15) is 19.2 Å². The SMILES string of the molecule is C=C/C(=C\C(COc1cc2c(cc1OC)C(=O)N1c3ccccc3C[C@H]1CN2)OC)NC(=O)[C@H](C)NC(=O)CCC(C)(C)SSC(C)CCC(C)=O. The molecule has 0 bridgehead atoms. The molecule has 0 aromatic heterocycles. The molecule has 2 aliphatic heterocycles. The van der Waals surface area contributed by atoms with Crippen LogP contribution in [0.15, 0.2) is 60.8 Å². The molecule has 13 heteroatoms. The van der Waals surface area contributed by atoms with Gasteiger partial charge in [-0.05, 0) is 76.8 Å². The van der Waals surface area contributed by atoms with Crippen LogP contribution in [0.4, 0.5) is 11.4 Å². The molecule has 52 heavy (non-hydrogen) atoms. The van der Waals surface area contributed by atoms with Crippen LogP contribution in [-0.2, 0) is 25.5 Å². The van der Waals surface area contributed by atoms with Gasteiger partial charge in [0.05, 0.1) is 24.4 Å². The number of nitrogens with one attached hydrogen (secondary N) is 3. The van der Waals surface area contributed by atoms with Gasteiger partial charge in [-0.25, -0.2) is 0 Å². The molecule has 2 unspecified atom stereocenters. The highest BCUT2D eigenvalue weighted by molar-refractivity contribution is 8.77. The van der Waals surface area contributed by atoms with Crippen molar-refractivity contribution in [3.63, 3.8) is 0 Å². The topological polar surface area (TPSA) is 135 Å². The van der Waals surface area contributed by atoms with Crippen molar-refractivity contribution in [1.82, 2.24) is 10.6 Å². The van der Waals surface area contributed by atoms with Gasteiger partial charge in [0, 0.05) is 53.9 Å². The van der Waals surface area contributed by atoms with Crippen LogP contribution >= 0.6 is 21.6 Å². The molecule has 0 radical (unpaired) electrons. The molecule has 0 saturated carbocycles. The van der Waals surface area contributed by atoms with Crippen LogP contribution in [0, 0.1) is 0 Å². The largest absolute Gasteiger partial charge is 0.493 e. The van der Waals surface area contributed by atoms with E-state index in [1.165, 1.54) is 20.3 Å². The number of methoxy groups -OCH3 is 2. The first kappa shape index (κ1) is 40.8. The quantitative estimate of drug-likeness (QED) is 0.108. The number of hydrogen-bond acceptors (Lipinski definition) is 10. The highest BCUT2D eigenvalue weighted by Crippen LogP contribution is 2.42. The second kappa shape index (κ2) is 18.7. The van der Waals surface area contributed by atoms with E-state index in [1.807, 2.05) is 23.1 Å². The van der Waals surface area contributed by atoms with Gasteiger partial charge >= 0.3 is 0 Å². The zero-order chi connectivity index (χ0) is 38.0. The van der Waals surface area contributed by atoms with Gasteiger partial charge in [0.1, 0.15) is 24.5 Å². The van der Waals surface area contributed by atoms with Gasteiger partial charge in [-0.1, -0.05) is 53.3 Å². The van der Waals surface area contributed by atoms with E-state index in [-0.39, 0.29) is 41.4 Å². The number of carbonyl (C=O) groups is 4. The number of nitrogens with zero attached hydrogens (tertiary/aromatic N) is 1. The molecule has 3 N–H and O–H groups in total. The zero-order valence-electron chi connectivity index (χ0n) is 31.2. The van der Waals surface area contributed by atoms with E-state index in [1.54, 1.807) is 53.6 Å². The van der Waals surface area contributed by atoms with Crippen molar-refractivity contribution in [3.8, 4) is 11.5 Å². The van der Waals surface area contributed by atoms with Crippen molar-refractivity contribution >= 4 is 56.5 Å². The van der Waals surface area contributed by atoms with Gasteiger partial charge in [0.2, 0.25) is 11.8 Å². The number of ether oxygens (including phenoxy) is 3. The normalized spacial score (nSPS) is 17.0. The average Bonchev–Trinajstić information content (AvgIpc) is 3.44. The highest BCUT2D eigenvalue weighted by atomic mass is 33.1. The third kappa shape index (κ3) is 11.0. The lowest BCUT2D eigenvalue weighted by molar-refractivity contribution is -0.128. The zero-order valence-corrected chi connectivity index (χ0v) is 32.8. The molecule has 0 aliphatic carbocycles. The van der Waals surface area contributed by atoms with Crippen molar-refractivity contribution in [2.45, 2.75) is 94.9 Å². The Bertz CT molecular complexity index is 1660. The molecule has 4 atom stereocenters. The standard InChI is InChI=1S/C39H52N4O7S2/c1-9-28(42-37(46)26(4)41-36(45)16-17-39(5,6)52-51-25(3)15-14-24(2)44)19-30(48-7)23-50-35-21-32-31(20-34(35)49-8)38(47)43-29(22-40-32)18-27-12-10-11-13-33(27)43/h9-13,19-21,25-26,29-30,40H,1,14-18,22-23H2,2-8H3,(H,41,45)(H,42,46)/b28-19+/t25?,26-,29-,30?/m0/s1. The lowest BCUT2D eigenvalue weighted by Crippen LogP contribution is -2.44. The number of benzene rings is 2. The van der Waals surface area contributed by atoms with Crippen molar-refractivity contribution in [1.29, 1.82) is 0 Å². The lowest BCUT2D eigenvalue weighted by atomic mass is 10.1. The molecule has 0 spiro atoms. The Labute approximate surface area is 315 Å². The number of carbonyl (C=O) groups excluding carboxylic acids is 4. The van der Waals surface area contributed by atoms with E-state index in [4.69, 9.17) is 14.2 Å². The van der Waals surface area contributed by atoms with Crippen LogP contribution in [0.3, 0.4) is 0 Å². The van der Waals surface area contributed by atoms with Crippen LogP contribution < -0.4 is 30.3 Å². The Balaban J connectivity index is 1.31. The predicted octanol–water partition coefficient (Wildman–Crippen LogP) is 6.47. The van der Waals surface area contributed by atoms with Crippen LogP contribution in [0.5, 0.6) is 11.5 Å². The molecule has 2 heterocycles. The summed E-state index contributed by atoms with van der Waals surface area (Å²) in [5, 5.41) is 9.36. The van der Waals surface area contributed by atoms with Crippen LogP contribution in [-0.4, -0.2) is 79.1 Å².